The number of amides is 1. The van der Waals surface area contributed by atoms with Crippen molar-refractivity contribution in [3.05, 3.63) is 40.0 Å². The molecule has 118 valence electrons. The maximum absolute atomic E-state index is 11.7. The fourth-order valence-corrected chi connectivity index (χ4v) is 2.00. The van der Waals surface area contributed by atoms with Crippen LogP contribution in [0.3, 0.4) is 0 Å². The third-order valence-corrected chi connectivity index (χ3v) is 2.78. The van der Waals surface area contributed by atoms with Gasteiger partial charge in [0.15, 0.2) is 0 Å². The van der Waals surface area contributed by atoms with Gasteiger partial charge in [-0.1, -0.05) is 0 Å². The molecular weight excluding hydrogens is 288 g/mol. The van der Waals surface area contributed by atoms with Crippen LogP contribution in [0, 0.1) is 17.0 Å². The highest BCUT2D eigenvalue weighted by molar-refractivity contribution is 5.68. The Bertz CT molecular complexity index is 730. The van der Waals surface area contributed by atoms with E-state index in [1.165, 1.54) is 12.3 Å². The van der Waals surface area contributed by atoms with E-state index in [0.29, 0.717) is 16.9 Å². The molecule has 22 heavy (non-hydrogen) atoms. The van der Waals surface area contributed by atoms with E-state index in [2.05, 4.69) is 10.3 Å². The Labute approximate surface area is 127 Å². The summed E-state index contributed by atoms with van der Waals surface area (Å²) in [6.07, 6.45) is 2.55. The second kappa shape index (κ2) is 5.63. The first-order chi connectivity index (χ1) is 10.2. The first-order valence-electron chi connectivity index (χ1n) is 6.75. The molecular formula is C14H18N4O4. The van der Waals surface area contributed by atoms with Crippen LogP contribution in [0.4, 0.5) is 10.5 Å². The summed E-state index contributed by atoms with van der Waals surface area (Å²) in [5.74, 6) is 0. The standard InChI is InChI=1S/C14H18N4O4/c1-9-7-17-8-10(18(20)21)5-12(17)11(16-9)6-15-13(19)22-14(2,3)4/h5,7-8H,6H2,1-4H3,(H,15,19). The second-order valence-corrected chi connectivity index (χ2v) is 5.93. The summed E-state index contributed by atoms with van der Waals surface area (Å²) in [4.78, 5) is 26.4. The van der Waals surface area contributed by atoms with Crippen molar-refractivity contribution in [1.82, 2.24) is 14.7 Å². The molecule has 0 spiro atoms. The van der Waals surface area contributed by atoms with Crippen molar-refractivity contribution in [1.29, 1.82) is 0 Å². The predicted molar refractivity (Wildman–Crippen MR) is 79.7 cm³/mol. The Morgan fingerprint density at radius 1 is 1.45 bits per heavy atom. The van der Waals surface area contributed by atoms with Crippen molar-refractivity contribution in [2.45, 2.75) is 39.8 Å². The number of carbonyl (C=O) groups is 1. The first kappa shape index (κ1) is 15.7. The number of nitrogens with one attached hydrogen (secondary N) is 1. The van der Waals surface area contributed by atoms with Gasteiger partial charge in [-0.05, 0) is 27.7 Å². The van der Waals surface area contributed by atoms with Crippen LogP contribution in [0.5, 0.6) is 0 Å². The summed E-state index contributed by atoms with van der Waals surface area (Å²) in [6.45, 7) is 7.22. The van der Waals surface area contributed by atoms with Crippen molar-refractivity contribution < 1.29 is 14.5 Å². The van der Waals surface area contributed by atoms with E-state index in [1.807, 2.05) is 0 Å². The molecule has 0 aromatic carbocycles. The Kier molecular flexibility index (Phi) is 4.03. The number of rotatable bonds is 3. The van der Waals surface area contributed by atoms with Gasteiger partial charge in [0.25, 0.3) is 5.69 Å². The van der Waals surface area contributed by atoms with Crippen LogP contribution in [0.1, 0.15) is 32.2 Å². The Balaban J connectivity index is 2.23. The number of hydrogen-bond acceptors (Lipinski definition) is 5. The molecule has 0 aliphatic heterocycles. The largest absolute Gasteiger partial charge is 0.444 e. The summed E-state index contributed by atoms with van der Waals surface area (Å²) < 4.78 is 6.78. The van der Waals surface area contributed by atoms with Gasteiger partial charge < -0.3 is 14.5 Å². The fourth-order valence-electron chi connectivity index (χ4n) is 2.00. The van der Waals surface area contributed by atoms with Crippen molar-refractivity contribution in [3.63, 3.8) is 0 Å². The second-order valence-electron chi connectivity index (χ2n) is 5.93. The number of aryl methyl sites for hydroxylation is 1. The van der Waals surface area contributed by atoms with Crippen molar-refractivity contribution >= 4 is 17.3 Å². The number of nitrogens with zero attached hydrogens (tertiary/aromatic N) is 3. The van der Waals surface area contributed by atoms with Crippen LogP contribution in [0.25, 0.3) is 5.52 Å². The van der Waals surface area contributed by atoms with E-state index in [9.17, 15) is 14.9 Å². The van der Waals surface area contributed by atoms with Gasteiger partial charge >= 0.3 is 6.09 Å². The number of hydrogen-bond donors (Lipinski definition) is 1. The van der Waals surface area contributed by atoms with Gasteiger partial charge in [-0.3, -0.25) is 15.1 Å². The number of nitro groups is 1. The minimum Gasteiger partial charge on any atom is -0.444 e. The normalized spacial score (nSPS) is 11.5. The summed E-state index contributed by atoms with van der Waals surface area (Å²) in [5, 5.41) is 13.5. The molecule has 0 bridgehead atoms. The van der Waals surface area contributed by atoms with Gasteiger partial charge in [0.05, 0.1) is 34.6 Å². The molecule has 2 aromatic rings. The van der Waals surface area contributed by atoms with Gasteiger partial charge in [-0.25, -0.2) is 4.79 Å². The van der Waals surface area contributed by atoms with E-state index in [0.717, 1.165) is 0 Å². The molecule has 2 heterocycles. The minimum absolute atomic E-state index is 0.0223. The molecule has 2 rings (SSSR count). The lowest BCUT2D eigenvalue weighted by Crippen LogP contribution is -2.32. The maximum atomic E-state index is 11.7. The minimum atomic E-state index is -0.590. The average Bonchev–Trinajstić information content (AvgIpc) is 2.77. The SMILES string of the molecule is Cc1cn2cc([N+](=O)[O-])cc2c(CNC(=O)OC(C)(C)C)n1. The van der Waals surface area contributed by atoms with Crippen LogP contribution in [0.2, 0.25) is 0 Å². The number of ether oxygens (including phenoxy) is 1. The summed E-state index contributed by atoms with van der Waals surface area (Å²) >= 11 is 0. The number of carbonyl (C=O) groups excluding carboxylic acids is 1. The Morgan fingerprint density at radius 3 is 2.73 bits per heavy atom. The Morgan fingerprint density at radius 2 is 2.14 bits per heavy atom. The predicted octanol–water partition coefficient (Wildman–Crippen LogP) is 2.58. The lowest BCUT2D eigenvalue weighted by molar-refractivity contribution is -0.384. The third-order valence-electron chi connectivity index (χ3n) is 2.78. The molecule has 8 heteroatoms. The van der Waals surface area contributed by atoms with Gasteiger partial charge in [0.1, 0.15) is 5.60 Å². The number of fused-ring (bicyclic) bond motifs is 1. The molecule has 0 radical (unpaired) electrons. The van der Waals surface area contributed by atoms with Crippen LogP contribution in [0.15, 0.2) is 18.5 Å². The molecule has 0 fully saturated rings. The molecule has 0 unspecified atom stereocenters. The molecule has 0 saturated heterocycles. The molecule has 8 nitrogen and oxygen atoms in total. The highest BCUT2D eigenvalue weighted by Gasteiger charge is 2.18. The van der Waals surface area contributed by atoms with Crippen molar-refractivity contribution in [3.8, 4) is 0 Å². The highest BCUT2D eigenvalue weighted by Crippen LogP contribution is 2.20. The van der Waals surface area contributed by atoms with E-state index in [4.69, 9.17) is 4.74 Å². The highest BCUT2D eigenvalue weighted by atomic mass is 16.6. The molecule has 1 amide bonds. The monoisotopic (exact) mass is 306 g/mol. The summed E-state index contributed by atoms with van der Waals surface area (Å²) in [6, 6.07) is 1.43. The maximum Gasteiger partial charge on any atom is 0.407 e. The molecule has 0 aliphatic carbocycles. The van der Waals surface area contributed by atoms with Gasteiger partial charge in [-0.15, -0.1) is 0 Å². The van der Waals surface area contributed by atoms with Crippen LogP contribution < -0.4 is 5.32 Å². The van der Waals surface area contributed by atoms with Gasteiger partial charge in [-0.2, -0.15) is 0 Å². The van der Waals surface area contributed by atoms with E-state index in [-0.39, 0.29) is 12.2 Å². The van der Waals surface area contributed by atoms with Gasteiger partial charge in [0.2, 0.25) is 0 Å². The topological polar surface area (TPSA) is 98.8 Å². The average molecular weight is 306 g/mol. The Hall–Kier alpha value is -2.64. The fraction of sp³-hybridized carbons (Fsp3) is 0.429. The molecule has 1 N–H and O–H groups in total. The van der Waals surface area contributed by atoms with Crippen LogP contribution in [-0.4, -0.2) is 26.0 Å². The van der Waals surface area contributed by atoms with Crippen molar-refractivity contribution in [2.75, 3.05) is 0 Å². The van der Waals surface area contributed by atoms with E-state index in [1.54, 1.807) is 38.3 Å². The zero-order chi connectivity index (χ0) is 16.5. The third kappa shape index (κ3) is 3.72. The van der Waals surface area contributed by atoms with Crippen LogP contribution in [-0.2, 0) is 11.3 Å². The zero-order valence-electron chi connectivity index (χ0n) is 12.9. The number of aromatic nitrogens is 2. The molecule has 0 aliphatic rings. The molecule has 0 saturated carbocycles. The van der Waals surface area contributed by atoms with Gasteiger partial charge in [0, 0.05) is 12.3 Å². The quantitative estimate of drug-likeness (QED) is 0.694. The smallest absolute Gasteiger partial charge is 0.407 e. The van der Waals surface area contributed by atoms with Crippen LogP contribution >= 0.6 is 0 Å². The van der Waals surface area contributed by atoms with E-state index < -0.39 is 16.6 Å². The summed E-state index contributed by atoms with van der Waals surface area (Å²) in [5.41, 5.74) is 1.20. The zero-order valence-corrected chi connectivity index (χ0v) is 12.9. The number of alkyl carbamates (subject to hydrolysis) is 1. The molecule has 2 aromatic heterocycles. The van der Waals surface area contributed by atoms with Crippen molar-refractivity contribution in [2.24, 2.45) is 0 Å². The summed E-state index contributed by atoms with van der Waals surface area (Å²) in [7, 11) is 0. The lowest BCUT2D eigenvalue weighted by atomic mass is 10.2. The lowest BCUT2D eigenvalue weighted by Gasteiger charge is -2.19. The van der Waals surface area contributed by atoms with E-state index >= 15 is 0 Å². The molecule has 0 atom stereocenters. The first-order valence-corrected chi connectivity index (χ1v) is 6.75.